The van der Waals surface area contributed by atoms with Crippen molar-refractivity contribution in [1.29, 1.82) is 0 Å². The van der Waals surface area contributed by atoms with Gasteiger partial charge in [0.1, 0.15) is 7.05 Å². The molecule has 0 saturated heterocycles. The normalized spacial score (nSPS) is 17.2. The molecule has 4 aromatic rings. The van der Waals surface area contributed by atoms with E-state index in [0.29, 0.717) is 0 Å². The fourth-order valence-corrected chi connectivity index (χ4v) is 5.97. The predicted molar refractivity (Wildman–Crippen MR) is 156 cm³/mol. The first-order chi connectivity index (χ1) is 17.5. The molecule has 1 atom stereocenters. The van der Waals surface area contributed by atoms with Crippen LogP contribution in [0.15, 0.2) is 91.0 Å². The summed E-state index contributed by atoms with van der Waals surface area (Å²) >= 11 is 0. The van der Waals surface area contributed by atoms with Crippen LogP contribution in [0.5, 0.6) is 0 Å². The summed E-state index contributed by atoms with van der Waals surface area (Å²) in [6, 6.07) is 31.2. The van der Waals surface area contributed by atoms with E-state index in [-0.39, 0.29) is 5.41 Å². The first-order valence-electron chi connectivity index (χ1n) is 13.2. The summed E-state index contributed by atoms with van der Waals surface area (Å²) in [5.74, 6) is 0. The van der Waals surface area contributed by atoms with Crippen molar-refractivity contribution < 1.29 is 4.58 Å². The van der Waals surface area contributed by atoms with Gasteiger partial charge in [-0.15, -0.1) is 0 Å². The van der Waals surface area contributed by atoms with Gasteiger partial charge in [-0.05, 0) is 85.9 Å². The molecule has 0 N–H and O–H groups in total. The van der Waals surface area contributed by atoms with Crippen LogP contribution in [-0.4, -0.2) is 30.4 Å². The highest BCUT2D eigenvalue weighted by atomic mass is 15.1. The molecule has 0 aromatic heterocycles. The highest BCUT2D eigenvalue weighted by molar-refractivity contribution is 6.09. The van der Waals surface area contributed by atoms with E-state index in [2.05, 4.69) is 141 Å². The molecule has 1 aliphatic heterocycles. The van der Waals surface area contributed by atoms with E-state index in [9.17, 15) is 0 Å². The lowest BCUT2D eigenvalue weighted by Crippen LogP contribution is -2.33. The second-order valence-electron chi connectivity index (χ2n) is 10.2. The highest BCUT2D eigenvalue weighted by Gasteiger charge is 2.47. The van der Waals surface area contributed by atoms with Gasteiger partial charge in [-0.25, -0.2) is 0 Å². The van der Waals surface area contributed by atoms with Crippen molar-refractivity contribution in [2.24, 2.45) is 0 Å². The van der Waals surface area contributed by atoms with Crippen LogP contribution in [0, 0.1) is 6.92 Å². The first-order valence-corrected chi connectivity index (χ1v) is 13.2. The smallest absolute Gasteiger partial charge is 0.210 e. The molecule has 5 rings (SSSR count). The summed E-state index contributed by atoms with van der Waals surface area (Å²) in [5.41, 5.74) is 9.20. The van der Waals surface area contributed by atoms with Crippen LogP contribution in [-0.2, 0) is 11.8 Å². The zero-order chi connectivity index (χ0) is 25.3. The van der Waals surface area contributed by atoms with E-state index in [1.54, 1.807) is 0 Å². The zero-order valence-electron chi connectivity index (χ0n) is 22.3. The minimum atomic E-state index is -0.144. The fraction of sp³-hybridized carbons (Fsp3) is 0.265. The summed E-state index contributed by atoms with van der Waals surface area (Å²) in [7, 11) is 2.22. The average molecular weight is 474 g/mol. The summed E-state index contributed by atoms with van der Waals surface area (Å²) in [6.45, 7) is 11.1. The van der Waals surface area contributed by atoms with Gasteiger partial charge in [-0.2, -0.15) is 4.58 Å². The van der Waals surface area contributed by atoms with E-state index in [4.69, 9.17) is 0 Å². The van der Waals surface area contributed by atoms with Crippen molar-refractivity contribution in [3.63, 3.8) is 0 Å². The molecule has 0 radical (unpaired) electrons. The molecule has 4 aromatic carbocycles. The standard InChI is InChI=1S/C34H37N2/c1-6-36(7-2)29-20-16-26(17-21-29)18-23-32-34(4,24-28-14-9-8-12-25(28)3)33-30-15-11-10-13-27(30)19-22-31(33)35(32)5/h8-23H,6-7,24H2,1-5H3/q+1. The van der Waals surface area contributed by atoms with Crippen LogP contribution in [0.25, 0.3) is 16.8 Å². The lowest BCUT2D eigenvalue weighted by molar-refractivity contribution is -0.401. The summed E-state index contributed by atoms with van der Waals surface area (Å²) < 4.78 is 2.40. The van der Waals surface area contributed by atoms with Gasteiger partial charge in [0, 0.05) is 36.5 Å². The molecule has 1 unspecified atom stereocenters. The van der Waals surface area contributed by atoms with Gasteiger partial charge in [0.25, 0.3) is 0 Å². The summed E-state index contributed by atoms with van der Waals surface area (Å²) in [6.07, 6.45) is 5.59. The largest absolute Gasteiger partial charge is 0.372 e. The summed E-state index contributed by atoms with van der Waals surface area (Å²) in [5, 5.41) is 2.66. The number of hydrogen-bond acceptors (Lipinski definition) is 1. The highest BCUT2D eigenvalue weighted by Crippen LogP contribution is 2.46. The molecule has 2 heteroatoms. The number of hydrogen-bond donors (Lipinski definition) is 0. The number of anilines is 1. The van der Waals surface area contributed by atoms with E-state index in [1.165, 1.54) is 50.1 Å². The number of benzene rings is 4. The number of allylic oxidation sites excluding steroid dienone is 1. The molecule has 0 spiro atoms. The molecule has 36 heavy (non-hydrogen) atoms. The lowest BCUT2D eigenvalue weighted by Gasteiger charge is -2.25. The van der Waals surface area contributed by atoms with Gasteiger partial charge in [-0.3, -0.25) is 0 Å². The Balaban J connectivity index is 1.60. The maximum Gasteiger partial charge on any atom is 0.210 e. The molecule has 0 bridgehead atoms. The Hall–Kier alpha value is -3.65. The van der Waals surface area contributed by atoms with Gasteiger partial charge in [0.15, 0.2) is 5.71 Å². The molecule has 0 amide bonds. The lowest BCUT2D eigenvalue weighted by atomic mass is 9.72. The topological polar surface area (TPSA) is 6.25 Å². The van der Waals surface area contributed by atoms with Crippen molar-refractivity contribution >= 4 is 33.9 Å². The predicted octanol–water partition coefficient (Wildman–Crippen LogP) is 7.94. The Labute approximate surface area is 216 Å². The van der Waals surface area contributed by atoms with Gasteiger partial charge in [-0.1, -0.05) is 60.7 Å². The van der Waals surface area contributed by atoms with E-state index in [0.717, 1.165) is 19.5 Å². The third-order valence-electron chi connectivity index (χ3n) is 8.01. The van der Waals surface area contributed by atoms with Crippen LogP contribution in [0.1, 0.15) is 43.0 Å². The number of aryl methyl sites for hydroxylation is 1. The Bertz CT molecular complexity index is 1450. The molecule has 0 saturated carbocycles. The van der Waals surface area contributed by atoms with Crippen LogP contribution in [0.2, 0.25) is 0 Å². The van der Waals surface area contributed by atoms with E-state index >= 15 is 0 Å². The molecule has 0 aliphatic carbocycles. The Morgan fingerprint density at radius 1 is 0.806 bits per heavy atom. The Kier molecular flexibility index (Phi) is 6.53. The third-order valence-corrected chi connectivity index (χ3v) is 8.01. The van der Waals surface area contributed by atoms with Crippen LogP contribution in [0.4, 0.5) is 11.4 Å². The van der Waals surface area contributed by atoms with Gasteiger partial charge in [0.2, 0.25) is 5.69 Å². The maximum absolute atomic E-state index is 2.43. The Morgan fingerprint density at radius 3 is 2.22 bits per heavy atom. The number of nitrogens with zero attached hydrogens (tertiary/aromatic N) is 2. The molecular weight excluding hydrogens is 436 g/mol. The minimum Gasteiger partial charge on any atom is -0.372 e. The van der Waals surface area contributed by atoms with Crippen molar-refractivity contribution in [3.05, 3.63) is 113 Å². The van der Waals surface area contributed by atoms with Crippen LogP contribution in [0.3, 0.4) is 0 Å². The molecule has 2 nitrogen and oxygen atoms in total. The molecule has 1 heterocycles. The summed E-state index contributed by atoms with van der Waals surface area (Å²) in [4.78, 5) is 2.38. The van der Waals surface area contributed by atoms with Gasteiger partial charge < -0.3 is 4.90 Å². The van der Waals surface area contributed by atoms with Gasteiger partial charge in [0.05, 0.1) is 5.41 Å². The quantitative estimate of drug-likeness (QED) is 0.247. The maximum atomic E-state index is 2.43. The first kappa shape index (κ1) is 24.1. The van der Waals surface area contributed by atoms with Gasteiger partial charge >= 0.3 is 0 Å². The monoisotopic (exact) mass is 473 g/mol. The SMILES string of the molecule is CCN(CC)c1ccc(/C=C/C2=[N+](C)c3ccc4ccccc4c3C2(C)Cc2ccccc2C)cc1. The second-order valence-corrected chi connectivity index (χ2v) is 10.2. The molecule has 0 fully saturated rings. The second kappa shape index (κ2) is 9.78. The van der Waals surface area contributed by atoms with Crippen LogP contribution >= 0.6 is 0 Å². The number of rotatable bonds is 7. The van der Waals surface area contributed by atoms with Crippen molar-refractivity contribution in [2.75, 3.05) is 25.0 Å². The molecular formula is C34H37N2+. The molecule has 182 valence electrons. The zero-order valence-corrected chi connectivity index (χ0v) is 22.3. The van der Waals surface area contributed by atoms with E-state index in [1.807, 2.05) is 0 Å². The van der Waals surface area contributed by atoms with Crippen molar-refractivity contribution in [2.45, 2.75) is 39.5 Å². The molecule has 1 aliphatic rings. The Morgan fingerprint density at radius 2 is 1.50 bits per heavy atom. The average Bonchev–Trinajstić information content (AvgIpc) is 3.11. The van der Waals surface area contributed by atoms with Crippen molar-refractivity contribution in [1.82, 2.24) is 0 Å². The fourth-order valence-electron chi connectivity index (χ4n) is 5.97. The van der Waals surface area contributed by atoms with Crippen LogP contribution < -0.4 is 4.90 Å². The van der Waals surface area contributed by atoms with Crippen molar-refractivity contribution in [3.8, 4) is 0 Å². The van der Waals surface area contributed by atoms with E-state index < -0.39 is 0 Å². The number of fused-ring (bicyclic) bond motifs is 3. The minimum absolute atomic E-state index is 0.144. The third kappa shape index (κ3) is 4.15.